The predicted octanol–water partition coefficient (Wildman–Crippen LogP) is 6.45. The van der Waals surface area contributed by atoms with E-state index in [1.54, 1.807) is 6.07 Å². The summed E-state index contributed by atoms with van der Waals surface area (Å²) in [4.78, 5) is 0. The smallest absolute Gasteiger partial charge is 0.0468 e. The summed E-state index contributed by atoms with van der Waals surface area (Å²) in [6.07, 6.45) is 0.937. The lowest BCUT2D eigenvalue weighted by Gasteiger charge is -2.24. The molecule has 2 atom stereocenters. The molecule has 1 unspecified atom stereocenters. The third-order valence-electron chi connectivity index (χ3n) is 3.55. The minimum absolute atomic E-state index is 0.170. The van der Waals surface area contributed by atoms with Crippen molar-refractivity contribution < 1.29 is 0 Å². The van der Waals surface area contributed by atoms with Gasteiger partial charge in [-0.15, -0.1) is 0 Å². The van der Waals surface area contributed by atoms with Crippen LogP contribution in [0.1, 0.15) is 43.5 Å². The lowest BCUT2D eigenvalue weighted by Crippen LogP contribution is -2.24. The van der Waals surface area contributed by atoms with E-state index in [1.165, 1.54) is 0 Å². The molecule has 0 saturated heterocycles. The van der Waals surface area contributed by atoms with Crippen molar-refractivity contribution in [2.75, 3.05) is 0 Å². The third kappa shape index (κ3) is 4.37. The largest absolute Gasteiger partial charge is 0.303 e. The summed E-state index contributed by atoms with van der Waals surface area (Å²) in [6, 6.07) is 13.9. The SMILES string of the molecule is CCC(N[C@H](C)c1cccc(Cl)c1)c1ccc(Cl)cc1Cl. The van der Waals surface area contributed by atoms with Gasteiger partial charge in [-0.05, 0) is 48.7 Å². The van der Waals surface area contributed by atoms with Crippen LogP contribution in [0.2, 0.25) is 15.1 Å². The summed E-state index contributed by atoms with van der Waals surface area (Å²) in [7, 11) is 0. The molecule has 0 amide bonds. The molecule has 21 heavy (non-hydrogen) atoms. The average molecular weight is 343 g/mol. The summed E-state index contributed by atoms with van der Waals surface area (Å²) >= 11 is 18.3. The molecule has 0 aliphatic carbocycles. The van der Waals surface area contributed by atoms with Gasteiger partial charge in [0.2, 0.25) is 0 Å². The molecule has 2 aromatic carbocycles. The molecule has 0 aliphatic rings. The van der Waals surface area contributed by atoms with Crippen molar-refractivity contribution in [3.8, 4) is 0 Å². The third-order valence-corrected chi connectivity index (χ3v) is 4.34. The number of halogens is 3. The van der Waals surface area contributed by atoms with Crippen LogP contribution < -0.4 is 5.32 Å². The van der Waals surface area contributed by atoms with Crippen molar-refractivity contribution in [1.82, 2.24) is 5.32 Å². The topological polar surface area (TPSA) is 12.0 Å². The minimum atomic E-state index is 0.170. The molecule has 2 aromatic rings. The van der Waals surface area contributed by atoms with Crippen molar-refractivity contribution in [2.24, 2.45) is 0 Å². The van der Waals surface area contributed by atoms with Gasteiger partial charge in [0.15, 0.2) is 0 Å². The second-order valence-corrected chi connectivity index (χ2v) is 6.35. The van der Waals surface area contributed by atoms with E-state index in [9.17, 15) is 0 Å². The Balaban J connectivity index is 2.18. The molecule has 0 fully saturated rings. The van der Waals surface area contributed by atoms with Crippen LogP contribution in [0.15, 0.2) is 42.5 Å². The zero-order chi connectivity index (χ0) is 15.4. The Morgan fingerprint density at radius 1 is 1.00 bits per heavy atom. The molecule has 112 valence electrons. The zero-order valence-electron chi connectivity index (χ0n) is 12.0. The Bertz CT molecular complexity index is 613. The molecular formula is C17H18Cl3N. The molecular weight excluding hydrogens is 325 g/mol. The molecule has 2 rings (SSSR count). The molecule has 0 bridgehead atoms. The maximum absolute atomic E-state index is 6.31. The van der Waals surface area contributed by atoms with E-state index in [1.807, 2.05) is 30.3 Å². The lowest BCUT2D eigenvalue weighted by atomic mass is 10.0. The van der Waals surface area contributed by atoms with E-state index >= 15 is 0 Å². The van der Waals surface area contributed by atoms with E-state index in [4.69, 9.17) is 34.8 Å². The number of nitrogens with one attached hydrogen (secondary N) is 1. The number of rotatable bonds is 5. The normalized spacial score (nSPS) is 14.0. The lowest BCUT2D eigenvalue weighted by molar-refractivity contribution is 0.456. The zero-order valence-corrected chi connectivity index (χ0v) is 14.3. The van der Waals surface area contributed by atoms with Crippen LogP contribution in [0.4, 0.5) is 0 Å². The summed E-state index contributed by atoms with van der Waals surface area (Å²) in [5.74, 6) is 0. The standard InChI is InChI=1S/C17H18Cl3N/c1-3-17(15-8-7-14(19)10-16(15)20)21-11(2)12-5-4-6-13(18)9-12/h4-11,17,21H,3H2,1-2H3/t11-,17?/m1/s1. The molecule has 4 heteroatoms. The molecule has 0 heterocycles. The first-order valence-electron chi connectivity index (χ1n) is 6.97. The molecule has 0 radical (unpaired) electrons. The van der Waals surface area contributed by atoms with Crippen molar-refractivity contribution >= 4 is 34.8 Å². The quantitative estimate of drug-likeness (QED) is 0.658. The number of hydrogen-bond acceptors (Lipinski definition) is 1. The van der Waals surface area contributed by atoms with Gasteiger partial charge in [0.05, 0.1) is 0 Å². The Morgan fingerprint density at radius 2 is 1.71 bits per heavy atom. The van der Waals surface area contributed by atoms with Crippen molar-refractivity contribution in [3.63, 3.8) is 0 Å². The van der Waals surface area contributed by atoms with E-state index in [0.29, 0.717) is 10.0 Å². The summed E-state index contributed by atoms with van der Waals surface area (Å²) in [5, 5.41) is 5.70. The van der Waals surface area contributed by atoms with Crippen LogP contribution in [-0.4, -0.2) is 0 Å². The molecule has 0 aliphatic heterocycles. The van der Waals surface area contributed by atoms with Gasteiger partial charge in [-0.3, -0.25) is 0 Å². The van der Waals surface area contributed by atoms with E-state index in [2.05, 4.69) is 25.2 Å². The molecule has 0 saturated carbocycles. The van der Waals surface area contributed by atoms with Gasteiger partial charge in [0, 0.05) is 27.2 Å². The summed E-state index contributed by atoms with van der Waals surface area (Å²) in [5.41, 5.74) is 2.23. The fourth-order valence-electron chi connectivity index (χ4n) is 2.39. The molecule has 1 nitrogen and oxygen atoms in total. The van der Waals surface area contributed by atoms with Gasteiger partial charge < -0.3 is 5.32 Å². The van der Waals surface area contributed by atoms with Crippen LogP contribution in [-0.2, 0) is 0 Å². The van der Waals surface area contributed by atoms with Gasteiger partial charge in [-0.25, -0.2) is 0 Å². The number of hydrogen-bond donors (Lipinski definition) is 1. The maximum Gasteiger partial charge on any atom is 0.0468 e. The summed E-state index contributed by atoms with van der Waals surface area (Å²) in [6.45, 7) is 4.26. The van der Waals surface area contributed by atoms with Crippen LogP contribution in [0.3, 0.4) is 0 Å². The van der Waals surface area contributed by atoms with E-state index in [0.717, 1.165) is 22.6 Å². The van der Waals surface area contributed by atoms with E-state index < -0.39 is 0 Å². The Kier molecular flexibility index (Phi) is 5.95. The Labute approximate surface area is 141 Å². The van der Waals surface area contributed by atoms with Crippen LogP contribution in [0.25, 0.3) is 0 Å². The average Bonchev–Trinajstić information content (AvgIpc) is 2.45. The molecule has 0 aromatic heterocycles. The molecule has 0 spiro atoms. The maximum atomic E-state index is 6.31. The monoisotopic (exact) mass is 341 g/mol. The number of benzene rings is 2. The second kappa shape index (κ2) is 7.51. The fraction of sp³-hybridized carbons (Fsp3) is 0.294. The first kappa shape index (κ1) is 16.6. The van der Waals surface area contributed by atoms with Gasteiger partial charge in [-0.2, -0.15) is 0 Å². The highest BCUT2D eigenvalue weighted by Crippen LogP contribution is 2.30. The van der Waals surface area contributed by atoms with Crippen molar-refractivity contribution in [1.29, 1.82) is 0 Å². The van der Waals surface area contributed by atoms with Gasteiger partial charge in [0.1, 0.15) is 0 Å². The van der Waals surface area contributed by atoms with Crippen LogP contribution >= 0.6 is 34.8 Å². The van der Waals surface area contributed by atoms with Crippen molar-refractivity contribution in [2.45, 2.75) is 32.4 Å². The second-order valence-electron chi connectivity index (χ2n) is 5.07. The molecule has 1 N–H and O–H groups in total. The van der Waals surface area contributed by atoms with Gasteiger partial charge in [0.25, 0.3) is 0 Å². The Hall–Kier alpha value is -0.730. The highest BCUT2D eigenvalue weighted by molar-refractivity contribution is 6.35. The highest BCUT2D eigenvalue weighted by atomic mass is 35.5. The van der Waals surface area contributed by atoms with Gasteiger partial charge in [-0.1, -0.05) is 59.9 Å². The first-order chi connectivity index (χ1) is 10.0. The summed E-state index contributed by atoms with van der Waals surface area (Å²) < 4.78 is 0. The van der Waals surface area contributed by atoms with Crippen LogP contribution in [0, 0.1) is 0 Å². The van der Waals surface area contributed by atoms with Gasteiger partial charge >= 0.3 is 0 Å². The van der Waals surface area contributed by atoms with E-state index in [-0.39, 0.29) is 12.1 Å². The Morgan fingerprint density at radius 3 is 2.33 bits per heavy atom. The minimum Gasteiger partial charge on any atom is -0.303 e. The first-order valence-corrected chi connectivity index (χ1v) is 8.11. The predicted molar refractivity (Wildman–Crippen MR) is 92.5 cm³/mol. The van der Waals surface area contributed by atoms with Crippen LogP contribution in [0.5, 0.6) is 0 Å². The highest BCUT2D eigenvalue weighted by Gasteiger charge is 2.16. The fourth-order valence-corrected chi connectivity index (χ4v) is 3.12. The van der Waals surface area contributed by atoms with Crippen molar-refractivity contribution in [3.05, 3.63) is 68.7 Å².